The van der Waals surface area contributed by atoms with Gasteiger partial charge in [0.25, 0.3) is 5.69 Å². The maximum Gasteiger partial charge on any atom is 0.269 e. The zero-order chi connectivity index (χ0) is 18.3. The number of allylic oxidation sites excluding steroid dienone is 1. The van der Waals surface area contributed by atoms with Crippen LogP contribution in [0.4, 0.5) is 5.69 Å². The Kier molecular flexibility index (Phi) is 3.55. The zero-order valence-electron chi connectivity index (χ0n) is 13.5. The van der Waals surface area contributed by atoms with Crippen molar-refractivity contribution in [2.24, 2.45) is 5.73 Å². The summed E-state index contributed by atoms with van der Waals surface area (Å²) in [6, 6.07) is 19.9. The molecule has 1 heterocycles. The molecule has 1 unspecified atom stereocenters. The van der Waals surface area contributed by atoms with Gasteiger partial charge in [0.05, 0.1) is 10.8 Å². The topological polar surface area (TPSA) is 102 Å². The normalized spacial score (nSPS) is 15.9. The Labute approximate surface area is 148 Å². The van der Waals surface area contributed by atoms with Crippen molar-refractivity contribution in [1.82, 2.24) is 0 Å². The Bertz CT molecular complexity index is 1110. The Morgan fingerprint density at radius 3 is 2.50 bits per heavy atom. The second-order valence-electron chi connectivity index (χ2n) is 5.97. The first-order valence-electron chi connectivity index (χ1n) is 7.93. The van der Waals surface area contributed by atoms with Crippen LogP contribution in [0.3, 0.4) is 0 Å². The summed E-state index contributed by atoms with van der Waals surface area (Å²) in [4.78, 5) is 10.5. The maximum absolute atomic E-state index is 10.9. The molecule has 126 valence electrons. The minimum atomic E-state index is -0.452. The number of hydrogen-bond acceptors (Lipinski definition) is 5. The number of nitro benzene ring substituents is 1. The molecular weight excluding hydrogens is 330 g/mol. The highest BCUT2D eigenvalue weighted by Gasteiger charge is 2.32. The highest BCUT2D eigenvalue weighted by atomic mass is 16.6. The summed E-state index contributed by atoms with van der Waals surface area (Å²) in [6.45, 7) is 0. The van der Waals surface area contributed by atoms with Crippen LogP contribution in [0.1, 0.15) is 17.0 Å². The van der Waals surface area contributed by atoms with E-state index < -0.39 is 10.8 Å². The van der Waals surface area contributed by atoms with Crippen LogP contribution >= 0.6 is 0 Å². The molecule has 2 N–H and O–H groups in total. The van der Waals surface area contributed by atoms with E-state index in [1.165, 1.54) is 12.1 Å². The fourth-order valence-corrected chi connectivity index (χ4v) is 3.36. The number of ether oxygens (including phenoxy) is 1. The van der Waals surface area contributed by atoms with Crippen molar-refractivity contribution in [2.75, 3.05) is 0 Å². The van der Waals surface area contributed by atoms with Crippen LogP contribution in [-0.4, -0.2) is 4.92 Å². The predicted octanol–water partition coefficient (Wildman–Crippen LogP) is 3.97. The number of benzene rings is 3. The summed E-state index contributed by atoms with van der Waals surface area (Å²) >= 11 is 0. The smallest absolute Gasteiger partial charge is 0.269 e. The summed E-state index contributed by atoms with van der Waals surface area (Å²) in [6.07, 6.45) is 0. The predicted molar refractivity (Wildman–Crippen MR) is 96.3 cm³/mol. The van der Waals surface area contributed by atoms with Gasteiger partial charge in [-0.15, -0.1) is 0 Å². The number of nitrogens with two attached hydrogens (primary N) is 1. The molecule has 26 heavy (non-hydrogen) atoms. The second kappa shape index (κ2) is 5.90. The van der Waals surface area contributed by atoms with E-state index in [4.69, 9.17) is 10.5 Å². The van der Waals surface area contributed by atoms with Gasteiger partial charge in [-0.05, 0) is 22.4 Å². The summed E-state index contributed by atoms with van der Waals surface area (Å²) in [5.74, 6) is 0.192. The lowest BCUT2D eigenvalue weighted by molar-refractivity contribution is -0.384. The lowest BCUT2D eigenvalue weighted by atomic mass is 9.81. The van der Waals surface area contributed by atoms with Gasteiger partial charge >= 0.3 is 0 Å². The van der Waals surface area contributed by atoms with E-state index >= 15 is 0 Å². The van der Waals surface area contributed by atoms with E-state index in [0.717, 1.165) is 21.9 Å². The van der Waals surface area contributed by atoms with Gasteiger partial charge in [0.15, 0.2) is 0 Å². The van der Waals surface area contributed by atoms with Gasteiger partial charge in [0.2, 0.25) is 5.88 Å². The minimum Gasteiger partial charge on any atom is -0.440 e. The zero-order valence-corrected chi connectivity index (χ0v) is 13.5. The third kappa shape index (κ3) is 2.34. The first kappa shape index (κ1) is 15.7. The molecule has 0 saturated heterocycles. The average Bonchev–Trinajstić information content (AvgIpc) is 2.66. The SMILES string of the molecule is N#CC1=C(N)Oc2ccc3ccccc3c2C1c1ccc([N+](=O)[O-])cc1. The van der Waals surface area contributed by atoms with Gasteiger partial charge in [0, 0.05) is 17.7 Å². The minimum absolute atomic E-state index is 0.00517. The number of rotatable bonds is 2. The van der Waals surface area contributed by atoms with Gasteiger partial charge in [-0.2, -0.15) is 5.26 Å². The van der Waals surface area contributed by atoms with E-state index in [-0.39, 0.29) is 11.6 Å². The average molecular weight is 343 g/mol. The molecule has 0 radical (unpaired) electrons. The number of non-ortho nitro benzene ring substituents is 1. The molecular formula is C20H13N3O3. The molecule has 0 spiro atoms. The molecule has 0 saturated carbocycles. The van der Waals surface area contributed by atoms with E-state index in [1.807, 2.05) is 36.4 Å². The van der Waals surface area contributed by atoms with Crippen LogP contribution in [0.25, 0.3) is 10.8 Å². The fourth-order valence-electron chi connectivity index (χ4n) is 3.36. The number of nitrogens with zero attached hydrogens (tertiary/aromatic N) is 2. The highest BCUT2D eigenvalue weighted by Crippen LogP contribution is 2.45. The Hall–Kier alpha value is -3.85. The summed E-state index contributed by atoms with van der Waals surface area (Å²) < 4.78 is 5.68. The monoisotopic (exact) mass is 343 g/mol. The molecule has 6 heteroatoms. The second-order valence-corrected chi connectivity index (χ2v) is 5.97. The van der Waals surface area contributed by atoms with E-state index in [1.54, 1.807) is 12.1 Å². The molecule has 0 fully saturated rings. The lowest BCUT2D eigenvalue weighted by Crippen LogP contribution is -2.21. The first-order valence-corrected chi connectivity index (χ1v) is 7.93. The van der Waals surface area contributed by atoms with Crippen LogP contribution in [0.2, 0.25) is 0 Å². The molecule has 3 aromatic carbocycles. The van der Waals surface area contributed by atoms with E-state index in [0.29, 0.717) is 11.3 Å². The molecule has 0 aliphatic carbocycles. The summed E-state index contributed by atoms with van der Waals surface area (Å²) in [7, 11) is 0. The standard InChI is InChI=1S/C20H13N3O3/c21-11-16-18(13-5-8-14(9-6-13)23(24)25)19-15-4-2-1-3-12(15)7-10-17(19)26-20(16)22/h1-10,18H,22H2. The maximum atomic E-state index is 10.9. The molecule has 1 aliphatic rings. The largest absolute Gasteiger partial charge is 0.440 e. The molecule has 0 amide bonds. The number of nitriles is 1. The Morgan fingerprint density at radius 2 is 1.81 bits per heavy atom. The molecule has 0 bridgehead atoms. The molecule has 1 atom stereocenters. The van der Waals surface area contributed by atoms with E-state index in [9.17, 15) is 15.4 Å². The Morgan fingerprint density at radius 1 is 1.08 bits per heavy atom. The third-order valence-electron chi connectivity index (χ3n) is 4.55. The van der Waals surface area contributed by atoms with Crippen LogP contribution in [0.5, 0.6) is 5.75 Å². The molecule has 4 rings (SSSR count). The van der Waals surface area contributed by atoms with Crippen molar-refractivity contribution in [1.29, 1.82) is 5.26 Å². The van der Waals surface area contributed by atoms with Crippen molar-refractivity contribution >= 4 is 16.5 Å². The van der Waals surface area contributed by atoms with Crippen LogP contribution < -0.4 is 10.5 Å². The van der Waals surface area contributed by atoms with Gasteiger partial charge in [-0.3, -0.25) is 10.1 Å². The van der Waals surface area contributed by atoms with E-state index in [2.05, 4.69) is 6.07 Å². The third-order valence-corrected chi connectivity index (χ3v) is 4.55. The number of nitro groups is 1. The van der Waals surface area contributed by atoms with Gasteiger partial charge in [-0.25, -0.2) is 0 Å². The van der Waals surface area contributed by atoms with Crippen molar-refractivity contribution in [3.8, 4) is 11.8 Å². The van der Waals surface area contributed by atoms with Crippen molar-refractivity contribution < 1.29 is 9.66 Å². The number of fused-ring (bicyclic) bond motifs is 3. The molecule has 3 aromatic rings. The first-order chi connectivity index (χ1) is 12.6. The highest BCUT2D eigenvalue weighted by molar-refractivity contribution is 5.90. The number of hydrogen-bond donors (Lipinski definition) is 1. The van der Waals surface area contributed by atoms with Crippen LogP contribution in [0.15, 0.2) is 72.1 Å². The molecule has 1 aliphatic heterocycles. The molecule has 6 nitrogen and oxygen atoms in total. The van der Waals surface area contributed by atoms with Crippen molar-refractivity contribution in [3.05, 3.63) is 93.4 Å². The lowest BCUT2D eigenvalue weighted by Gasteiger charge is -2.27. The molecule has 0 aromatic heterocycles. The summed E-state index contributed by atoms with van der Waals surface area (Å²) in [5.41, 5.74) is 7.85. The van der Waals surface area contributed by atoms with Gasteiger partial charge in [0.1, 0.15) is 17.4 Å². The fraction of sp³-hybridized carbons (Fsp3) is 0.0500. The van der Waals surface area contributed by atoms with Crippen LogP contribution in [-0.2, 0) is 0 Å². The van der Waals surface area contributed by atoms with Crippen LogP contribution in [0, 0.1) is 21.4 Å². The van der Waals surface area contributed by atoms with Gasteiger partial charge < -0.3 is 10.5 Å². The van der Waals surface area contributed by atoms with Crippen molar-refractivity contribution in [3.63, 3.8) is 0 Å². The van der Waals surface area contributed by atoms with Crippen molar-refractivity contribution in [2.45, 2.75) is 5.92 Å². The Balaban J connectivity index is 1.99. The summed E-state index contributed by atoms with van der Waals surface area (Å²) in [5, 5.41) is 22.6. The quantitative estimate of drug-likeness (QED) is 0.560. The van der Waals surface area contributed by atoms with Gasteiger partial charge in [-0.1, -0.05) is 42.5 Å².